The smallest absolute Gasteiger partial charge is 0.228 e. The van der Waals surface area contributed by atoms with Crippen LogP contribution in [0.2, 0.25) is 0 Å². The fourth-order valence-corrected chi connectivity index (χ4v) is 5.24. The van der Waals surface area contributed by atoms with Crippen LogP contribution in [0.5, 0.6) is 0 Å². The molecular weight excluding hydrogens is 388 g/mol. The molecule has 1 saturated heterocycles. The highest BCUT2D eigenvalue weighted by Crippen LogP contribution is 2.24. The highest BCUT2D eigenvalue weighted by atomic mass is 32.2. The van der Waals surface area contributed by atoms with E-state index < -0.39 is 15.9 Å². The first-order valence-electron chi connectivity index (χ1n) is 9.70. The Balaban J connectivity index is 1.68. The molecule has 0 aromatic heterocycles. The molecule has 1 aliphatic rings. The van der Waals surface area contributed by atoms with Gasteiger partial charge < -0.3 is 5.32 Å². The van der Waals surface area contributed by atoms with Crippen molar-refractivity contribution in [1.29, 1.82) is 0 Å². The minimum absolute atomic E-state index is 0.0608. The molecule has 1 heterocycles. The number of rotatable bonds is 6. The number of carbonyl (C=O) groups excluding carboxylic acids is 2. The van der Waals surface area contributed by atoms with Gasteiger partial charge >= 0.3 is 0 Å². The van der Waals surface area contributed by atoms with Crippen molar-refractivity contribution in [3.8, 4) is 0 Å². The third-order valence-corrected chi connectivity index (χ3v) is 7.08. The number of hydrogen-bond acceptors (Lipinski definition) is 4. The average molecular weight is 415 g/mol. The monoisotopic (exact) mass is 414 g/mol. The molecule has 2 aromatic carbocycles. The van der Waals surface area contributed by atoms with Crippen LogP contribution in [0.3, 0.4) is 0 Å². The number of carbonyl (C=O) groups is 2. The molecule has 0 bridgehead atoms. The van der Waals surface area contributed by atoms with Gasteiger partial charge in [0.15, 0.2) is 5.78 Å². The van der Waals surface area contributed by atoms with Crippen LogP contribution in [-0.4, -0.2) is 37.5 Å². The van der Waals surface area contributed by atoms with Crippen molar-refractivity contribution in [2.24, 2.45) is 5.92 Å². The SMILES string of the molecule is CC(=O)c1cccc(NC(=O)[C@@H]2CCCN(S(=O)(=O)Cc3ccccc3C)C2)c1. The van der Waals surface area contributed by atoms with Gasteiger partial charge in [-0.2, -0.15) is 0 Å². The van der Waals surface area contributed by atoms with Crippen LogP contribution in [0.25, 0.3) is 0 Å². The van der Waals surface area contributed by atoms with E-state index in [1.165, 1.54) is 11.2 Å². The summed E-state index contributed by atoms with van der Waals surface area (Å²) in [5.41, 5.74) is 2.78. The zero-order valence-corrected chi connectivity index (χ0v) is 17.5. The number of piperidine rings is 1. The Morgan fingerprint density at radius 1 is 1.14 bits per heavy atom. The Bertz CT molecular complexity index is 1020. The summed E-state index contributed by atoms with van der Waals surface area (Å²) in [6.45, 7) is 3.97. The van der Waals surface area contributed by atoms with Gasteiger partial charge in [-0.25, -0.2) is 12.7 Å². The molecule has 7 heteroatoms. The predicted octanol–water partition coefficient (Wildman–Crippen LogP) is 3.38. The molecule has 1 atom stereocenters. The van der Waals surface area contributed by atoms with E-state index in [0.29, 0.717) is 30.6 Å². The molecule has 154 valence electrons. The van der Waals surface area contributed by atoms with E-state index in [-0.39, 0.29) is 24.0 Å². The molecule has 0 unspecified atom stereocenters. The van der Waals surface area contributed by atoms with E-state index in [4.69, 9.17) is 0 Å². The van der Waals surface area contributed by atoms with Crippen LogP contribution < -0.4 is 5.32 Å². The Hall–Kier alpha value is -2.51. The number of ketones is 1. The van der Waals surface area contributed by atoms with Crippen LogP contribution in [0.4, 0.5) is 5.69 Å². The number of Topliss-reactive ketones (excluding diaryl/α,β-unsaturated/α-hetero) is 1. The maximum absolute atomic E-state index is 12.9. The zero-order valence-electron chi connectivity index (χ0n) is 16.7. The Kier molecular flexibility index (Phi) is 6.49. The van der Waals surface area contributed by atoms with Crippen molar-refractivity contribution in [3.63, 3.8) is 0 Å². The second kappa shape index (κ2) is 8.88. The quantitative estimate of drug-likeness (QED) is 0.735. The molecule has 29 heavy (non-hydrogen) atoms. The molecule has 1 aliphatic heterocycles. The lowest BCUT2D eigenvalue weighted by atomic mass is 9.98. The minimum Gasteiger partial charge on any atom is -0.326 e. The van der Waals surface area contributed by atoms with Crippen molar-refractivity contribution in [2.45, 2.75) is 32.4 Å². The fourth-order valence-electron chi connectivity index (χ4n) is 3.53. The molecule has 0 saturated carbocycles. The highest BCUT2D eigenvalue weighted by molar-refractivity contribution is 7.88. The zero-order chi connectivity index (χ0) is 21.0. The van der Waals surface area contributed by atoms with E-state index in [1.54, 1.807) is 24.3 Å². The average Bonchev–Trinajstić information content (AvgIpc) is 2.70. The van der Waals surface area contributed by atoms with E-state index >= 15 is 0 Å². The maximum atomic E-state index is 12.9. The third kappa shape index (κ3) is 5.31. The van der Waals surface area contributed by atoms with Gasteiger partial charge in [-0.15, -0.1) is 0 Å². The first kappa shape index (κ1) is 21.2. The van der Waals surface area contributed by atoms with Crippen molar-refractivity contribution in [1.82, 2.24) is 4.31 Å². The summed E-state index contributed by atoms with van der Waals surface area (Å²) < 4.78 is 27.2. The van der Waals surface area contributed by atoms with Crippen molar-refractivity contribution < 1.29 is 18.0 Å². The summed E-state index contributed by atoms with van der Waals surface area (Å²) in [6.07, 6.45) is 1.27. The largest absolute Gasteiger partial charge is 0.326 e. The van der Waals surface area contributed by atoms with Gasteiger partial charge in [-0.3, -0.25) is 9.59 Å². The van der Waals surface area contributed by atoms with Gasteiger partial charge in [0.05, 0.1) is 11.7 Å². The maximum Gasteiger partial charge on any atom is 0.228 e. The number of amides is 1. The van der Waals surface area contributed by atoms with Gasteiger partial charge in [0.1, 0.15) is 0 Å². The molecule has 1 fully saturated rings. The lowest BCUT2D eigenvalue weighted by Crippen LogP contribution is -2.44. The van der Waals surface area contributed by atoms with E-state index in [1.807, 2.05) is 31.2 Å². The van der Waals surface area contributed by atoms with Gasteiger partial charge in [0.25, 0.3) is 0 Å². The van der Waals surface area contributed by atoms with Crippen LogP contribution in [0.1, 0.15) is 41.3 Å². The lowest BCUT2D eigenvalue weighted by molar-refractivity contribution is -0.120. The van der Waals surface area contributed by atoms with Crippen LogP contribution >= 0.6 is 0 Å². The standard InChI is InChI=1S/C22H26N2O4S/c1-16-7-3-4-8-20(16)15-29(27,28)24-12-6-10-19(14-24)22(26)23-21-11-5-9-18(13-21)17(2)25/h3-5,7-9,11,13,19H,6,10,12,14-15H2,1-2H3,(H,23,26)/t19-/m1/s1. The van der Waals surface area contributed by atoms with Gasteiger partial charge in [-0.1, -0.05) is 36.4 Å². The van der Waals surface area contributed by atoms with E-state index in [2.05, 4.69) is 5.32 Å². The van der Waals surface area contributed by atoms with Gasteiger partial charge in [-0.05, 0) is 49.9 Å². The number of nitrogens with zero attached hydrogens (tertiary/aromatic N) is 1. The molecule has 3 rings (SSSR count). The topological polar surface area (TPSA) is 83.6 Å². The number of hydrogen-bond donors (Lipinski definition) is 1. The molecule has 1 N–H and O–H groups in total. The summed E-state index contributed by atoms with van der Waals surface area (Å²) >= 11 is 0. The minimum atomic E-state index is -3.51. The summed E-state index contributed by atoms with van der Waals surface area (Å²) in [4.78, 5) is 24.2. The van der Waals surface area contributed by atoms with Crippen LogP contribution in [-0.2, 0) is 20.6 Å². The summed E-state index contributed by atoms with van der Waals surface area (Å²) in [6, 6.07) is 14.2. The molecule has 0 spiro atoms. The Morgan fingerprint density at radius 3 is 2.62 bits per heavy atom. The normalized spacial score (nSPS) is 17.7. The van der Waals surface area contributed by atoms with E-state index in [0.717, 1.165) is 11.1 Å². The van der Waals surface area contributed by atoms with Gasteiger partial charge in [0, 0.05) is 24.3 Å². The first-order chi connectivity index (χ1) is 13.8. The summed E-state index contributed by atoms with van der Waals surface area (Å²) in [7, 11) is -3.51. The van der Waals surface area contributed by atoms with Crippen LogP contribution in [0.15, 0.2) is 48.5 Å². The molecule has 0 radical (unpaired) electrons. The number of nitrogens with one attached hydrogen (secondary N) is 1. The van der Waals surface area contributed by atoms with Crippen molar-refractivity contribution in [3.05, 3.63) is 65.2 Å². The number of sulfonamides is 1. The number of aryl methyl sites for hydroxylation is 1. The highest BCUT2D eigenvalue weighted by Gasteiger charge is 2.32. The Labute approximate surface area is 172 Å². The summed E-state index contributed by atoms with van der Waals surface area (Å²) in [5, 5.41) is 2.83. The number of benzene rings is 2. The molecule has 6 nitrogen and oxygen atoms in total. The molecule has 0 aliphatic carbocycles. The first-order valence-corrected chi connectivity index (χ1v) is 11.3. The van der Waals surface area contributed by atoms with Crippen molar-refractivity contribution >= 4 is 27.4 Å². The lowest BCUT2D eigenvalue weighted by Gasteiger charge is -2.31. The van der Waals surface area contributed by atoms with Crippen molar-refractivity contribution in [2.75, 3.05) is 18.4 Å². The molecule has 1 amide bonds. The predicted molar refractivity (Wildman–Crippen MR) is 113 cm³/mol. The van der Waals surface area contributed by atoms with E-state index in [9.17, 15) is 18.0 Å². The molecule has 2 aromatic rings. The Morgan fingerprint density at radius 2 is 1.90 bits per heavy atom. The number of anilines is 1. The second-order valence-electron chi connectivity index (χ2n) is 7.51. The summed E-state index contributed by atoms with van der Waals surface area (Å²) in [5.74, 6) is -0.778. The van der Waals surface area contributed by atoms with Crippen LogP contribution in [0, 0.1) is 12.8 Å². The molecular formula is C22H26N2O4S. The second-order valence-corrected chi connectivity index (χ2v) is 9.48. The van der Waals surface area contributed by atoms with Gasteiger partial charge in [0.2, 0.25) is 15.9 Å². The fraction of sp³-hybridized carbons (Fsp3) is 0.364. The third-order valence-electron chi connectivity index (χ3n) is 5.28.